The van der Waals surface area contributed by atoms with Gasteiger partial charge in [0.2, 0.25) is 5.91 Å². The van der Waals surface area contributed by atoms with Crippen LogP contribution in [0.4, 0.5) is 4.39 Å². The summed E-state index contributed by atoms with van der Waals surface area (Å²) in [5.41, 5.74) is 11.4. The highest BCUT2D eigenvalue weighted by atomic mass is 19.1. The molecule has 0 aliphatic carbocycles. The van der Waals surface area contributed by atoms with Gasteiger partial charge in [0.15, 0.2) is 0 Å². The number of benzene rings is 1. The highest BCUT2D eigenvalue weighted by molar-refractivity contribution is 5.73. The van der Waals surface area contributed by atoms with Gasteiger partial charge in [-0.2, -0.15) is 0 Å². The maximum Gasteiger partial charge on any atom is 0.220 e. The number of hydrogen-bond acceptors (Lipinski definition) is 3. The van der Waals surface area contributed by atoms with Gasteiger partial charge in [0.05, 0.1) is 13.0 Å². The fourth-order valence-corrected chi connectivity index (χ4v) is 1.27. The van der Waals surface area contributed by atoms with Crippen LogP contribution in [0.25, 0.3) is 0 Å². The third kappa shape index (κ3) is 3.51. The van der Waals surface area contributed by atoms with E-state index in [0.717, 1.165) is 0 Å². The van der Waals surface area contributed by atoms with Crippen molar-refractivity contribution >= 4 is 5.91 Å². The van der Waals surface area contributed by atoms with Gasteiger partial charge in [0.1, 0.15) is 11.6 Å². The van der Waals surface area contributed by atoms with Crippen molar-refractivity contribution in [3.8, 4) is 5.75 Å². The van der Waals surface area contributed by atoms with Crippen LogP contribution in [0.3, 0.4) is 0 Å². The number of rotatable bonds is 5. The first kappa shape index (κ1) is 12.4. The zero-order chi connectivity index (χ0) is 12.1. The summed E-state index contributed by atoms with van der Waals surface area (Å²) < 4.78 is 18.3. The predicted molar refractivity (Wildman–Crippen MR) is 58.3 cm³/mol. The van der Waals surface area contributed by atoms with E-state index in [-0.39, 0.29) is 19.1 Å². The van der Waals surface area contributed by atoms with E-state index in [2.05, 4.69) is 0 Å². The Hall–Kier alpha value is -1.62. The first-order valence-corrected chi connectivity index (χ1v) is 4.97. The average Bonchev–Trinajstić information content (AvgIpc) is 2.16. The number of carbonyl (C=O) groups excluding carboxylic acids is 1. The second-order valence-electron chi connectivity index (χ2n) is 3.54. The van der Waals surface area contributed by atoms with Crippen LogP contribution in [0.5, 0.6) is 5.75 Å². The fraction of sp³-hybridized carbons (Fsp3) is 0.364. The van der Waals surface area contributed by atoms with Crippen LogP contribution in [0.1, 0.15) is 24.9 Å². The first-order valence-electron chi connectivity index (χ1n) is 4.97. The van der Waals surface area contributed by atoms with Crippen molar-refractivity contribution < 1.29 is 13.9 Å². The minimum absolute atomic E-state index is 0.0922. The topological polar surface area (TPSA) is 78.3 Å². The van der Waals surface area contributed by atoms with E-state index in [1.165, 1.54) is 12.1 Å². The third-order valence-corrected chi connectivity index (χ3v) is 2.07. The van der Waals surface area contributed by atoms with Gasteiger partial charge in [-0.25, -0.2) is 4.39 Å². The van der Waals surface area contributed by atoms with Crippen LogP contribution in [0.2, 0.25) is 0 Å². The number of ether oxygens (including phenoxy) is 1. The van der Waals surface area contributed by atoms with Gasteiger partial charge >= 0.3 is 0 Å². The Morgan fingerprint density at radius 3 is 2.81 bits per heavy atom. The molecule has 4 N–H and O–H groups in total. The lowest BCUT2D eigenvalue weighted by atomic mass is 10.1. The average molecular weight is 226 g/mol. The van der Waals surface area contributed by atoms with Crippen LogP contribution >= 0.6 is 0 Å². The normalized spacial score (nSPS) is 12.2. The number of halogens is 1. The summed E-state index contributed by atoms with van der Waals surface area (Å²) in [5, 5.41) is 0. The molecule has 0 saturated carbocycles. The summed E-state index contributed by atoms with van der Waals surface area (Å²) in [6.07, 6.45) is 0.0922. The van der Waals surface area contributed by atoms with Gasteiger partial charge in [0.25, 0.3) is 0 Å². The number of carbonyl (C=O) groups is 1. The second-order valence-corrected chi connectivity index (χ2v) is 3.54. The number of hydrogen-bond donors (Lipinski definition) is 2. The molecule has 4 nitrogen and oxygen atoms in total. The quantitative estimate of drug-likeness (QED) is 0.789. The minimum atomic E-state index is -0.459. The molecule has 1 atom stereocenters. The number of amides is 1. The van der Waals surface area contributed by atoms with Crippen molar-refractivity contribution in [2.45, 2.75) is 19.4 Å². The van der Waals surface area contributed by atoms with E-state index in [4.69, 9.17) is 16.2 Å². The van der Waals surface area contributed by atoms with Crippen LogP contribution in [0, 0.1) is 5.82 Å². The molecule has 0 radical (unpaired) electrons. The Balaban J connectivity index is 2.76. The van der Waals surface area contributed by atoms with E-state index in [1.807, 2.05) is 0 Å². The molecule has 0 fully saturated rings. The molecule has 16 heavy (non-hydrogen) atoms. The molecule has 1 amide bonds. The van der Waals surface area contributed by atoms with E-state index in [1.54, 1.807) is 13.0 Å². The molecule has 0 aliphatic heterocycles. The molecule has 0 saturated heterocycles. The summed E-state index contributed by atoms with van der Waals surface area (Å²) in [7, 11) is 0. The molecule has 1 aromatic rings. The lowest BCUT2D eigenvalue weighted by Crippen LogP contribution is -2.15. The van der Waals surface area contributed by atoms with Gasteiger partial charge in [-0.3, -0.25) is 4.79 Å². The first-order chi connectivity index (χ1) is 7.50. The standard InChI is InChI=1S/C11H15FN2O2/c1-7(13)9-3-2-8(12)6-10(9)16-5-4-11(14)15/h2-3,6-7H,4-5,13H2,1H3,(H2,14,15). The largest absolute Gasteiger partial charge is 0.493 e. The van der Waals surface area contributed by atoms with Crippen molar-refractivity contribution in [1.29, 1.82) is 0 Å². The highest BCUT2D eigenvalue weighted by Crippen LogP contribution is 2.24. The molecule has 1 unspecified atom stereocenters. The zero-order valence-electron chi connectivity index (χ0n) is 9.07. The Bertz CT molecular complexity index is 380. The van der Waals surface area contributed by atoms with Crippen molar-refractivity contribution in [2.24, 2.45) is 11.5 Å². The summed E-state index contributed by atoms with van der Waals surface area (Å²) in [5.74, 6) is -0.506. The summed E-state index contributed by atoms with van der Waals surface area (Å²) in [6.45, 7) is 1.90. The monoisotopic (exact) mass is 226 g/mol. The molecule has 1 aromatic carbocycles. The SMILES string of the molecule is CC(N)c1ccc(F)cc1OCCC(N)=O. The van der Waals surface area contributed by atoms with Gasteiger partial charge in [-0.15, -0.1) is 0 Å². The second kappa shape index (κ2) is 5.46. The highest BCUT2D eigenvalue weighted by Gasteiger charge is 2.09. The smallest absolute Gasteiger partial charge is 0.220 e. The molecule has 0 bridgehead atoms. The lowest BCUT2D eigenvalue weighted by molar-refractivity contribution is -0.118. The van der Waals surface area contributed by atoms with Crippen molar-refractivity contribution in [3.05, 3.63) is 29.6 Å². The van der Waals surface area contributed by atoms with Crippen LogP contribution < -0.4 is 16.2 Å². The lowest BCUT2D eigenvalue weighted by Gasteiger charge is -2.13. The number of nitrogens with two attached hydrogens (primary N) is 2. The van der Waals surface area contributed by atoms with E-state index < -0.39 is 11.7 Å². The van der Waals surface area contributed by atoms with Crippen LogP contribution in [-0.4, -0.2) is 12.5 Å². The van der Waals surface area contributed by atoms with Gasteiger partial charge in [-0.1, -0.05) is 6.07 Å². The Morgan fingerprint density at radius 2 is 2.25 bits per heavy atom. The summed E-state index contributed by atoms with van der Waals surface area (Å²) in [6, 6.07) is 3.88. The van der Waals surface area contributed by atoms with Crippen molar-refractivity contribution in [2.75, 3.05) is 6.61 Å². The molecule has 0 aromatic heterocycles. The molecule has 1 rings (SSSR count). The maximum atomic E-state index is 13.0. The number of primary amides is 1. The van der Waals surface area contributed by atoms with Crippen LogP contribution in [-0.2, 0) is 4.79 Å². The van der Waals surface area contributed by atoms with Crippen molar-refractivity contribution in [3.63, 3.8) is 0 Å². The molecule has 88 valence electrons. The Morgan fingerprint density at radius 1 is 1.56 bits per heavy atom. The molecule has 5 heteroatoms. The molecular formula is C11H15FN2O2. The Kier molecular flexibility index (Phi) is 4.25. The van der Waals surface area contributed by atoms with Crippen LogP contribution in [0.15, 0.2) is 18.2 Å². The van der Waals surface area contributed by atoms with Gasteiger partial charge < -0.3 is 16.2 Å². The molecule has 0 spiro atoms. The van der Waals surface area contributed by atoms with Crippen molar-refractivity contribution in [1.82, 2.24) is 0 Å². The van der Waals surface area contributed by atoms with E-state index in [9.17, 15) is 9.18 Å². The maximum absolute atomic E-state index is 13.0. The van der Waals surface area contributed by atoms with Gasteiger partial charge in [-0.05, 0) is 13.0 Å². The predicted octanol–water partition coefficient (Wildman–Crippen LogP) is 1.10. The summed E-state index contributed by atoms with van der Waals surface area (Å²) in [4.78, 5) is 10.5. The molecular weight excluding hydrogens is 211 g/mol. The Labute approximate surface area is 93.4 Å². The summed E-state index contributed by atoms with van der Waals surface area (Å²) >= 11 is 0. The van der Waals surface area contributed by atoms with E-state index >= 15 is 0 Å². The molecule has 0 aliphatic rings. The molecule has 0 heterocycles. The third-order valence-electron chi connectivity index (χ3n) is 2.07. The zero-order valence-corrected chi connectivity index (χ0v) is 9.07. The minimum Gasteiger partial charge on any atom is -0.493 e. The van der Waals surface area contributed by atoms with E-state index in [0.29, 0.717) is 11.3 Å². The van der Waals surface area contributed by atoms with Gasteiger partial charge in [0, 0.05) is 17.7 Å². The fourth-order valence-electron chi connectivity index (χ4n) is 1.27.